The van der Waals surface area contributed by atoms with E-state index in [0.717, 1.165) is 37.6 Å². The molecule has 2 aliphatic heterocycles. The molecule has 1 N–H and O–H groups in total. The van der Waals surface area contributed by atoms with Crippen LogP contribution in [0.2, 0.25) is 0 Å². The number of thioether (sulfide) groups is 1. The Morgan fingerprint density at radius 1 is 1.20 bits per heavy atom. The van der Waals surface area contributed by atoms with E-state index in [1.807, 2.05) is 11.8 Å². The molecule has 2 saturated heterocycles. The predicted molar refractivity (Wildman–Crippen MR) is 83.9 cm³/mol. The van der Waals surface area contributed by atoms with E-state index in [4.69, 9.17) is 0 Å². The minimum atomic E-state index is 0.0493. The van der Waals surface area contributed by atoms with E-state index in [1.165, 1.54) is 12.0 Å². The number of rotatable bonds is 2. The lowest BCUT2D eigenvalue weighted by molar-refractivity contribution is -0.132. The first-order valence-corrected chi connectivity index (χ1v) is 8.65. The van der Waals surface area contributed by atoms with Crippen molar-refractivity contribution in [3.8, 4) is 0 Å². The van der Waals surface area contributed by atoms with Gasteiger partial charge in [-0.05, 0) is 30.7 Å². The molecule has 3 nitrogen and oxygen atoms in total. The van der Waals surface area contributed by atoms with E-state index >= 15 is 0 Å². The standard InChI is InChI=1S/C16H22N2OS/c19-16(15-11-20-12-17-15)18-9-4-7-14(8-10-18)13-5-2-1-3-6-13/h1-3,5-6,14-15,17H,4,7-12H2/t14-,15-/m1/s1. The predicted octanol–water partition coefficient (Wildman–Crippen LogP) is 2.45. The summed E-state index contributed by atoms with van der Waals surface area (Å²) >= 11 is 1.82. The molecular weight excluding hydrogens is 268 g/mol. The second-order valence-electron chi connectivity index (χ2n) is 5.64. The molecule has 2 heterocycles. The van der Waals surface area contributed by atoms with E-state index in [2.05, 4.69) is 40.5 Å². The van der Waals surface area contributed by atoms with Crippen LogP contribution in [0.4, 0.5) is 0 Å². The van der Waals surface area contributed by atoms with E-state index in [-0.39, 0.29) is 6.04 Å². The van der Waals surface area contributed by atoms with Gasteiger partial charge in [-0.1, -0.05) is 30.3 Å². The second-order valence-corrected chi connectivity index (χ2v) is 6.67. The Labute approximate surface area is 125 Å². The first-order valence-electron chi connectivity index (χ1n) is 7.49. The number of amides is 1. The normalized spacial score (nSPS) is 27.3. The fourth-order valence-electron chi connectivity index (χ4n) is 3.15. The minimum absolute atomic E-state index is 0.0493. The summed E-state index contributed by atoms with van der Waals surface area (Å²) < 4.78 is 0. The summed E-state index contributed by atoms with van der Waals surface area (Å²) in [5, 5.41) is 3.29. The van der Waals surface area contributed by atoms with E-state index < -0.39 is 0 Å². The van der Waals surface area contributed by atoms with Crippen molar-refractivity contribution in [2.75, 3.05) is 24.7 Å². The smallest absolute Gasteiger partial charge is 0.240 e. The molecule has 20 heavy (non-hydrogen) atoms. The van der Waals surface area contributed by atoms with Gasteiger partial charge in [0.05, 0.1) is 6.04 Å². The molecule has 0 aliphatic carbocycles. The number of carbonyl (C=O) groups excluding carboxylic acids is 1. The molecule has 2 fully saturated rings. The quantitative estimate of drug-likeness (QED) is 0.908. The highest BCUT2D eigenvalue weighted by atomic mass is 32.2. The zero-order chi connectivity index (χ0) is 13.8. The molecule has 4 heteroatoms. The van der Waals surface area contributed by atoms with Crippen molar-refractivity contribution in [1.29, 1.82) is 0 Å². The first kappa shape index (κ1) is 14.0. The van der Waals surface area contributed by atoms with Gasteiger partial charge in [0.2, 0.25) is 5.91 Å². The summed E-state index contributed by atoms with van der Waals surface area (Å²) in [5.41, 5.74) is 1.43. The van der Waals surface area contributed by atoms with Crippen molar-refractivity contribution >= 4 is 17.7 Å². The van der Waals surface area contributed by atoms with Crippen LogP contribution in [-0.4, -0.2) is 41.6 Å². The van der Waals surface area contributed by atoms with Crippen LogP contribution in [0.15, 0.2) is 30.3 Å². The maximum Gasteiger partial charge on any atom is 0.240 e. The monoisotopic (exact) mass is 290 g/mol. The van der Waals surface area contributed by atoms with Crippen molar-refractivity contribution in [1.82, 2.24) is 10.2 Å². The number of benzene rings is 1. The maximum absolute atomic E-state index is 12.4. The molecule has 0 unspecified atom stereocenters. The Hall–Kier alpha value is -1.00. The Morgan fingerprint density at radius 3 is 2.80 bits per heavy atom. The van der Waals surface area contributed by atoms with Gasteiger partial charge in [0.25, 0.3) is 0 Å². The van der Waals surface area contributed by atoms with Gasteiger partial charge >= 0.3 is 0 Å². The Balaban J connectivity index is 1.60. The van der Waals surface area contributed by atoms with Gasteiger partial charge in [-0.2, -0.15) is 0 Å². The molecule has 0 bridgehead atoms. The van der Waals surface area contributed by atoms with Crippen molar-refractivity contribution in [3.63, 3.8) is 0 Å². The lowest BCUT2D eigenvalue weighted by atomic mass is 9.92. The number of carbonyl (C=O) groups is 1. The number of hydrogen-bond acceptors (Lipinski definition) is 3. The molecule has 1 aromatic carbocycles. The fraction of sp³-hybridized carbons (Fsp3) is 0.562. The summed E-state index contributed by atoms with van der Waals surface area (Å²) in [5.74, 6) is 2.76. The molecule has 1 amide bonds. The molecule has 3 rings (SSSR count). The van der Waals surface area contributed by atoms with Crippen molar-refractivity contribution in [2.45, 2.75) is 31.2 Å². The second kappa shape index (κ2) is 6.64. The fourth-order valence-corrected chi connectivity index (χ4v) is 4.08. The largest absolute Gasteiger partial charge is 0.341 e. The van der Waals surface area contributed by atoms with Gasteiger partial charge in [-0.25, -0.2) is 0 Å². The lowest BCUT2D eigenvalue weighted by Gasteiger charge is -2.23. The highest BCUT2D eigenvalue weighted by Crippen LogP contribution is 2.28. The van der Waals surface area contributed by atoms with Crippen molar-refractivity contribution < 1.29 is 4.79 Å². The number of likely N-dealkylation sites (tertiary alicyclic amines) is 1. The summed E-state index contributed by atoms with van der Waals surface area (Å²) in [6.45, 7) is 1.83. The maximum atomic E-state index is 12.4. The molecule has 0 radical (unpaired) electrons. The van der Waals surface area contributed by atoms with Gasteiger partial charge in [0.1, 0.15) is 0 Å². The number of nitrogens with one attached hydrogen (secondary N) is 1. The van der Waals surface area contributed by atoms with Gasteiger partial charge < -0.3 is 4.90 Å². The Bertz CT molecular complexity index is 445. The molecule has 1 aromatic rings. The van der Waals surface area contributed by atoms with E-state index in [9.17, 15) is 4.79 Å². The Kier molecular flexibility index (Phi) is 4.63. The van der Waals surface area contributed by atoms with Gasteiger partial charge in [0, 0.05) is 24.7 Å². The van der Waals surface area contributed by atoms with Crippen LogP contribution in [0.5, 0.6) is 0 Å². The topological polar surface area (TPSA) is 32.3 Å². The highest BCUT2D eigenvalue weighted by Gasteiger charge is 2.29. The summed E-state index contributed by atoms with van der Waals surface area (Å²) in [6.07, 6.45) is 3.40. The summed E-state index contributed by atoms with van der Waals surface area (Å²) in [7, 11) is 0. The van der Waals surface area contributed by atoms with Crippen molar-refractivity contribution in [2.24, 2.45) is 0 Å². The van der Waals surface area contributed by atoms with Gasteiger partial charge in [0.15, 0.2) is 0 Å². The van der Waals surface area contributed by atoms with Crippen molar-refractivity contribution in [3.05, 3.63) is 35.9 Å². The molecule has 0 spiro atoms. The number of nitrogens with zero attached hydrogens (tertiary/aromatic N) is 1. The third kappa shape index (κ3) is 3.18. The molecular formula is C16H22N2OS. The lowest BCUT2D eigenvalue weighted by Crippen LogP contribution is -2.45. The molecule has 108 valence electrons. The third-order valence-corrected chi connectivity index (χ3v) is 5.26. The molecule has 0 aromatic heterocycles. The average Bonchev–Trinajstić information content (AvgIpc) is 2.92. The van der Waals surface area contributed by atoms with Crippen LogP contribution in [0, 0.1) is 0 Å². The zero-order valence-corrected chi connectivity index (χ0v) is 12.6. The summed E-state index contributed by atoms with van der Waals surface area (Å²) in [4.78, 5) is 14.5. The zero-order valence-electron chi connectivity index (χ0n) is 11.8. The van der Waals surface area contributed by atoms with Crippen LogP contribution in [-0.2, 0) is 4.79 Å². The SMILES string of the molecule is O=C([C@H]1CSCN1)N1CCC[C@@H](c2ccccc2)CC1. The van der Waals surface area contributed by atoms with Crippen LogP contribution in [0.25, 0.3) is 0 Å². The first-order chi connectivity index (χ1) is 9.84. The molecule has 0 saturated carbocycles. The van der Waals surface area contributed by atoms with Crippen LogP contribution in [0.1, 0.15) is 30.7 Å². The van der Waals surface area contributed by atoms with E-state index in [0.29, 0.717) is 11.8 Å². The summed E-state index contributed by atoms with van der Waals surface area (Å²) in [6, 6.07) is 10.8. The van der Waals surface area contributed by atoms with Gasteiger partial charge in [-0.15, -0.1) is 11.8 Å². The molecule has 2 aliphatic rings. The highest BCUT2D eigenvalue weighted by molar-refractivity contribution is 7.99. The van der Waals surface area contributed by atoms with Crippen LogP contribution >= 0.6 is 11.8 Å². The van der Waals surface area contributed by atoms with E-state index in [1.54, 1.807) is 0 Å². The minimum Gasteiger partial charge on any atom is -0.341 e. The third-order valence-electron chi connectivity index (χ3n) is 4.33. The Morgan fingerprint density at radius 2 is 2.05 bits per heavy atom. The molecule has 2 atom stereocenters. The van der Waals surface area contributed by atoms with Crippen LogP contribution in [0.3, 0.4) is 0 Å². The van der Waals surface area contributed by atoms with Crippen LogP contribution < -0.4 is 5.32 Å². The number of hydrogen-bond donors (Lipinski definition) is 1. The average molecular weight is 290 g/mol. The van der Waals surface area contributed by atoms with Gasteiger partial charge in [-0.3, -0.25) is 10.1 Å².